The third-order valence-electron chi connectivity index (χ3n) is 1.89. The molecule has 0 aliphatic carbocycles. The van der Waals surface area contributed by atoms with Crippen LogP contribution in [0.5, 0.6) is 0 Å². The molecule has 1 atom stereocenters. The molecule has 0 saturated heterocycles. The summed E-state index contributed by atoms with van der Waals surface area (Å²) in [5.41, 5.74) is 5.68. The second-order valence-electron chi connectivity index (χ2n) is 3.89. The number of rotatable bonds is 6. The van der Waals surface area contributed by atoms with E-state index in [0.29, 0.717) is 5.92 Å². The van der Waals surface area contributed by atoms with Gasteiger partial charge in [0.1, 0.15) is 0 Å². The number of unbranched alkanes of at least 4 members (excludes halogenated alkanes) is 1. The van der Waals surface area contributed by atoms with Crippen LogP contribution in [0.25, 0.3) is 0 Å². The van der Waals surface area contributed by atoms with Crippen molar-refractivity contribution in [1.29, 1.82) is 0 Å². The monoisotopic (exact) mass is 186 g/mol. The Morgan fingerprint density at radius 1 is 1.46 bits per heavy atom. The molecule has 13 heavy (non-hydrogen) atoms. The third-order valence-corrected chi connectivity index (χ3v) is 1.89. The maximum atomic E-state index is 11.3. The van der Waals surface area contributed by atoms with Crippen LogP contribution in [0.3, 0.4) is 0 Å². The predicted octanol–water partition coefficient (Wildman–Crippen LogP) is 1.28. The largest absolute Gasteiger partial charge is 0.354 e. The van der Waals surface area contributed by atoms with E-state index in [1.54, 1.807) is 0 Å². The van der Waals surface area contributed by atoms with E-state index in [1.165, 1.54) is 0 Å². The van der Waals surface area contributed by atoms with E-state index in [0.717, 1.165) is 25.8 Å². The average molecular weight is 186 g/mol. The lowest BCUT2D eigenvalue weighted by molar-refractivity contribution is -0.122. The number of carbonyl (C=O) groups is 1. The fraction of sp³-hybridized carbons (Fsp3) is 0.900. The second kappa shape index (κ2) is 6.89. The number of amides is 1. The normalized spacial score (nSPS) is 13.0. The molecule has 0 fully saturated rings. The first-order chi connectivity index (χ1) is 6.07. The first-order valence-corrected chi connectivity index (χ1v) is 5.11. The van der Waals surface area contributed by atoms with Gasteiger partial charge in [0.05, 0.1) is 6.04 Å². The number of nitrogens with two attached hydrogens (primary N) is 1. The summed E-state index contributed by atoms with van der Waals surface area (Å²) >= 11 is 0. The van der Waals surface area contributed by atoms with Crippen LogP contribution in [-0.4, -0.2) is 18.5 Å². The molecule has 0 bridgehead atoms. The van der Waals surface area contributed by atoms with Crippen molar-refractivity contribution in [1.82, 2.24) is 5.32 Å². The molecule has 0 saturated carbocycles. The SMILES string of the molecule is CCCCC(N)C(=O)NCC(C)C. The Hall–Kier alpha value is -0.570. The second-order valence-corrected chi connectivity index (χ2v) is 3.89. The highest BCUT2D eigenvalue weighted by Gasteiger charge is 2.11. The van der Waals surface area contributed by atoms with Crippen LogP contribution >= 0.6 is 0 Å². The minimum Gasteiger partial charge on any atom is -0.354 e. The number of hydrogen-bond donors (Lipinski definition) is 2. The molecule has 0 aromatic carbocycles. The Labute approximate surface area is 81.1 Å². The maximum absolute atomic E-state index is 11.3. The third kappa shape index (κ3) is 6.58. The van der Waals surface area contributed by atoms with E-state index >= 15 is 0 Å². The first-order valence-electron chi connectivity index (χ1n) is 5.11. The van der Waals surface area contributed by atoms with Crippen molar-refractivity contribution < 1.29 is 4.79 Å². The first kappa shape index (κ1) is 12.4. The van der Waals surface area contributed by atoms with Gasteiger partial charge in [0.15, 0.2) is 0 Å². The van der Waals surface area contributed by atoms with Crippen molar-refractivity contribution in [3.63, 3.8) is 0 Å². The zero-order valence-electron chi connectivity index (χ0n) is 8.97. The van der Waals surface area contributed by atoms with Gasteiger partial charge in [-0.05, 0) is 12.3 Å². The minimum absolute atomic E-state index is 0.0119. The fourth-order valence-electron chi connectivity index (χ4n) is 0.991. The maximum Gasteiger partial charge on any atom is 0.236 e. The smallest absolute Gasteiger partial charge is 0.236 e. The van der Waals surface area contributed by atoms with Crippen molar-refractivity contribution in [3.8, 4) is 0 Å². The Kier molecular flexibility index (Phi) is 6.59. The summed E-state index contributed by atoms with van der Waals surface area (Å²) in [6.45, 7) is 6.95. The van der Waals surface area contributed by atoms with Crippen LogP contribution in [0, 0.1) is 5.92 Å². The lowest BCUT2D eigenvalue weighted by atomic mass is 10.1. The highest BCUT2D eigenvalue weighted by atomic mass is 16.2. The van der Waals surface area contributed by atoms with Gasteiger partial charge in [0, 0.05) is 6.54 Å². The molecular formula is C10H22N2O. The summed E-state index contributed by atoms with van der Waals surface area (Å²) in [4.78, 5) is 11.3. The van der Waals surface area contributed by atoms with Gasteiger partial charge in [-0.1, -0.05) is 33.6 Å². The van der Waals surface area contributed by atoms with Gasteiger partial charge in [0.2, 0.25) is 5.91 Å². The molecule has 0 heterocycles. The van der Waals surface area contributed by atoms with E-state index in [2.05, 4.69) is 26.1 Å². The lowest BCUT2D eigenvalue weighted by Gasteiger charge is -2.12. The summed E-state index contributed by atoms with van der Waals surface area (Å²) in [6.07, 6.45) is 2.90. The Morgan fingerprint density at radius 3 is 2.54 bits per heavy atom. The van der Waals surface area contributed by atoms with Gasteiger partial charge < -0.3 is 11.1 Å². The van der Waals surface area contributed by atoms with E-state index in [9.17, 15) is 4.79 Å². The van der Waals surface area contributed by atoms with Gasteiger partial charge in [-0.2, -0.15) is 0 Å². The highest BCUT2D eigenvalue weighted by molar-refractivity contribution is 5.81. The van der Waals surface area contributed by atoms with Crippen LogP contribution in [0.2, 0.25) is 0 Å². The highest BCUT2D eigenvalue weighted by Crippen LogP contribution is 1.98. The van der Waals surface area contributed by atoms with Gasteiger partial charge >= 0.3 is 0 Å². The van der Waals surface area contributed by atoms with E-state index < -0.39 is 0 Å². The molecule has 0 aromatic rings. The predicted molar refractivity (Wildman–Crippen MR) is 55.3 cm³/mol. The molecule has 3 heteroatoms. The Bertz CT molecular complexity index is 146. The van der Waals surface area contributed by atoms with E-state index in [4.69, 9.17) is 5.73 Å². The van der Waals surface area contributed by atoms with Crippen molar-refractivity contribution in [2.45, 2.75) is 46.1 Å². The lowest BCUT2D eigenvalue weighted by Crippen LogP contribution is -2.41. The van der Waals surface area contributed by atoms with Crippen LogP contribution in [0.15, 0.2) is 0 Å². The molecule has 0 radical (unpaired) electrons. The summed E-state index contributed by atoms with van der Waals surface area (Å²) in [5, 5.41) is 2.83. The molecular weight excluding hydrogens is 164 g/mol. The van der Waals surface area contributed by atoms with E-state index in [-0.39, 0.29) is 11.9 Å². The summed E-state index contributed by atoms with van der Waals surface area (Å²) in [6, 6.07) is -0.321. The number of hydrogen-bond acceptors (Lipinski definition) is 2. The molecule has 0 spiro atoms. The molecule has 3 N–H and O–H groups in total. The van der Waals surface area contributed by atoms with Crippen LogP contribution in [0.1, 0.15) is 40.0 Å². The topological polar surface area (TPSA) is 55.1 Å². The Morgan fingerprint density at radius 2 is 2.08 bits per heavy atom. The van der Waals surface area contributed by atoms with Crippen LogP contribution in [0.4, 0.5) is 0 Å². The van der Waals surface area contributed by atoms with Gasteiger partial charge in [-0.15, -0.1) is 0 Å². The van der Waals surface area contributed by atoms with Crippen molar-refractivity contribution in [3.05, 3.63) is 0 Å². The van der Waals surface area contributed by atoms with E-state index in [1.807, 2.05) is 0 Å². The molecule has 0 aliphatic rings. The van der Waals surface area contributed by atoms with Gasteiger partial charge in [-0.3, -0.25) is 4.79 Å². The minimum atomic E-state index is -0.321. The van der Waals surface area contributed by atoms with Gasteiger partial charge in [0.25, 0.3) is 0 Å². The van der Waals surface area contributed by atoms with Crippen molar-refractivity contribution in [2.24, 2.45) is 11.7 Å². The summed E-state index contributed by atoms with van der Waals surface area (Å²) in [5.74, 6) is 0.476. The van der Waals surface area contributed by atoms with Crippen molar-refractivity contribution >= 4 is 5.91 Å². The molecule has 78 valence electrons. The average Bonchev–Trinajstić information content (AvgIpc) is 2.10. The standard InChI is InChI=1S/C10H22N2O/c1-4-5-6-9(11)10(13)12-7-8(2)3/h8-9H,4-7,11H2,1-3H3,(H,12,13). The quantitative estimate of drug-likeness (QED) is 0.656. The molecule has 0 aliphatic heterocycles. The summed E-state index contributed by atoms with van der Waals surface area (Å²) < 4.78 is 0. The summed E-state index contributed by atoms with van der Waals surface area (Å²) in [7, 11) is 0. The zero-order chi connectivity index (χ0) is 10.3. The molecule has 3 nitrogen and oxygen atoms in total. The number of nitrogens with one attached hydrogen (secondary N) is 1. The zero-order valence-corrected chi connectivity index (χ0v) is 8.97. The molecule has 1 amide bonds. The molecule has 1 unspecified atom stereocenters. The molecule has 0 aromatic heterocycles. The van der Waals surface area contributed by atoms with Crippen molar-refractivity contribution in [2.75, 3.05) is 6.54 Å². The number of carbonyl (C=O) groups excluding carboxylic acids is 1. The Balaban J connectivity index is 3.57. The van der Waals surface area contributed by atoms with Crippen LogP contribution in [-0.2, 0) is 4.79 Å². The fourth-order valence-corrected chi connectivity index (χ4v) is 0.991. The van der Waals surface area contributed by atoms with Gasteiger partial charge in [-0.25, -0.2) is 0 Å². The molecule has 0 rings (SSSR count). The van der Waals surface area contributed by atoms with Crippen LogP contribution < -0.4 is 11.1 Å².